The fourth-order valence-corrected chi connectivity index (χ4v) is 3.60. The normalized spacial score (nSPS) is 12.8. The van der Waals surface area contributed by atoms with Gasteiger partial charge in [-0.15, -0.1) is 0 Å². The summed E-state index contributed by atoms with van der Waals surface area (Å²) in [6.07, 6.45) is 1.60. The van der Waals surface area contributed by atoms with E-state index in [1.54, 1.807) is 38.2 Å². The van der Waals surface area contributed by atoms with Gasteiger partial charge in [0.2, 0.25) is 15.9 Å². The van der Waals surface area contributed by atoms with Gasteiger partial charge in [-0.25, -0.2) is 12.8 Å². The number of nitrogens with one attached hydrogen (secondary N) is 2. The molecule has 1 aromatic carbocycles. The predicted molar refractivity (Wildman–Crippen MR) is 91.4 cm³/mol. The van der Waals surface area contributed by atoms with Gasteiger partial charge in [-0.2, -0.15) is 4.72 Å². The van der Waals surface area contributed by atoms with E-state index in [2.05, 4.69) is 15.0 Å². The van der Waals surface area contributed by atoms with Gasteiger partial charge < -0.3 is 5.32 Å². The van der Waals surface area contributed by atoms with Crippen LogP contribution in [0.2, 0.25) is 0 Å². The Labute approximate surface area is 146 Å². The number of pyridine rings is 1. The number of nitrogens with zero attached hydrogens (tertiary/aromatic N) is 1. The smallest absolute Gasteiger partial charge is 0.244 e. The summed E-state index contributed by atoms with van der Waals surface area (Å²) in [7, 11) is -4.16. The van der Waals surface area contributed by atoms with E-state index in [1.165, 1.54) is 12.1 Å². The first-order valence-electron chi connectivity index (χ1n) is 7.76. The summed E-state index contributed by atoms with van der Waals surface area (Å²) in [5.41, 5.74) is 0.648. The molecule has 0 saturated heterocycles. The molecule has 0 fully saturated rings. The summed E-state index contributed by atoms with van der Waals surface area (Å²) in [5.74, 6) is -1.70. The highest BCUT2D eigenvalue weighted by molar-refractivity contribution is 7.89. The topological polar surface area (TPSA) is 88.2 Å². The zero-order valence-electron chi connectivity index (χ0n) is 13.9. The van der Waals surface area contributed by atoms with Gasteiger partial charge in [-0.05, 0) is 30.2 Å². The molecule has 0 bridgehead atoms. The fraction of sp³-hybridized carbons (Fsp3) is 0.294. The van der Waals surface area contributed by atoms with Crippen molar-refractivity contribution < 1.29 is 17.6 Å². The average Bonchev–Trinajstić information content (AvgIpc) is 2.58. The predicted octanol–water partition coefficient (Wildman–Crippen LogP) is 1.84. The quantitative estimate of drug-likeness (QED) is 0.784. The Kier molecular flexibility index (Phi) is 6.22. The van der Waals surface area contributed by atoms with E-state index in [1.807, 2.05) is 0 Å². The summed E-state index contributed by atoms with van der Waals surface area (Å²) in [6, 6.07) is 9.28. The number of rotatable bonds is 7. The van der Waals surface area contributed by atoms with Crippen molar-refractivity contribution >= 4 is 15.9 Å². The van der Waals surface area contributed by atoms with Crippen molar-refractivity contribution in [3.63, 3.8) is 0 Å². The van der Waals surface area contributed by atoms with Crippen LogP contribution in [0.4, 0.5) is 4.39 Å². The van der Waals surface area contributed by atoms with Crippen LogP contribution in [0.5, 0.6) is 0 Å². The summed E-state index contributed by atoms with van der Waals surface area (Å²) in [6.45, 7) is 3.58. The van der Waals surface area contributed by atoms with E-state index >= 15 is 0 Å². The number of hydrogen-bond acceptors (Lipinski definition) is 4. The van der Waals surface area contributed by atoms with Crippen molar-refractivity contribution in [1.29, 1.82) is 0 Å². The maximum absolute atomic E-state index is 13.8. The van der Waals surface area contributed by atoms with Crippen LogP contribution in [0, 0.1) is 11.7 Å². The van der Waals surface area contributed by atoms with Gasteiger partial charge in [0, 0.05) is 6.20 Å². The van der Waals surface area contributed by atoms with Gasteiger partial charge in [-0.3, -0.25) is 9.78 Å². The van der Waals surface area contributed by atoms with Crippen LogP contribution in [0.15, 0.2) is 53.6 Å². The molecule has 0 aliphatic rings. The van der Waals surface area contributed by atoms with E-state index in [-0.39, 0.29) is 12.5 Å². The van der Waals surface area contributed by atoms with Crippen molar-refractivity contribution in [3.8, 4) is 0 Å². The lowest BCUT2D eigenvalue weighted by atomic mass is 10.1. The zero-order valence-corrected chi connectivity index (χ0v) is 14.8. The van der Waals surface area contributed by atoms with Crippen LogP contribution in [0.3, 0.4) is 0 Å². The maximum atomic E-state index is 13.8. The van der Waals surface area contributed by atoms with Gasteiger partial charge in [-0.1, -0.05) is 32.0 Å². The second kappa shape index (κ2) is 8.17. The van der Waals surface area contributed by atoms with E-state index < -0.39 is 32.7 Å². The molecule has 2 rings (SSSR count). The molecule has 25 heavy (non-hydrogen) atoms. The molecule has 0 saturated carbocycles. The van der Waals surface area contributed by atoms with E-state index in [9.17, 15) is 17.6 Å². The third-order valence-electron chi connectivity index (χ3n) is 3.53. The average molecular weight is 365 g/mol. The van der Waals surface area contributed by atoms with Crippen LogP contribution in [-0.2, 0) is 21.4 Å². The van der Waals surface area contributed by atoms with Gasteiger partial charge in [0.25, 0.3) is 0 Å². The highest BCUT2D eigenvalue weighted by Gasteiger charge is 2.29. The highest BCUT2D eigenvalue weighted by atomic mass is 32.2. The van der Waals surface area contributed by atoms with Gasteiger partial charge in [0.15, 0.2) is 0 Å². The molecule has 0 radical (unpaired) electrons. The van der Waals surface area contributed by atoms with E-state index in [0.29, 0.717) is 5.69 Å². The SMILES string of the molecule is CC(C)[C@H](NS(=O)(=O)c1ccccc1F)C(=O)NCc1ccccn1. The molecule has 0 unspecified atom stereocenters. The number of hydrogen-bond donors (Lipinski definition) is 2. The molecule has 1 atom stereocenters. The summed E-state index contributed by atoms with van der Waals surface area (Å²) < 4.78 is 40.9. The molecular weight excluding hydrogens is 345 g/mol. The number of sulfonamides is 1. The van der Waals surface area contributed by atoms with Crippen LogP contribution in [0.25, 0.3) is 0 Å². The van der Waals surface area contributed by atoms with Crippen molar-refractivity contribution in [2.45, 2.75) is 31.3 Å². The number of aromatic nitrogens is 1. The van der Waals surface area contributed by atoms with Gasteiger partial charge >= 0.3 is 0 Å². The van der Waals surface area contributed by atoms with E-state index in [0.717, 1.165) is 12.1 Å². The molecule has 1 heterocycles. The Morgan fingerprint density at radius 3 is 2.44 bits per heavy atom. The first-order valence-corrected chi connectivity index (χ1v) is 9.24. The van der Waals surface area contributed by atoms with Crippen LogP contribution in [0.1, 0.15) is 19.5 Å². The fourth-order valence-electron chi connectivity index (χ4n) is 2.18. The highest BCUT2D eigenvalue weighted by Crippen LogP contribution is 2.15. The minimum Gasteiger partial charge on any atom is -0.349 e. The van der Waals surface area contributed by atoms with Gasteiger partial charge in [0.05, 0.1) is 12.2 Å². The standard InChI is InChI=1S/C17H20FN3O3S/c1-12(2)16(17(22)20-11-13-7-5-6-10-19-13)21-25(23,24)15-9-4-3-8-14(15)18/h3-10,12,16,21H,11H2,1-2H3,(H,20,22)/t16-/m0/s1. The number of amides is 1. The molecule has 0 spiro atoms. The summed E-state index contributed by atoms with van der Waals surface area (Å²) in [4.78, 5) is 16.0. The minimum absolute atomic E-state index is 0.171. The van der Waals surface area contributed by atoms with Gasteiger partial charge in [0.1, 0.15) is 16.8 Å². The van der Waals surface area contributed by atoms with Crippen molar-refractivity contribution in [3.05, 3.63) is 60.2 Å². The number of benzene rings is 1. The molecule has 1 amide bonds. The molecule has 2 N–H and O–H groups in total. The molecule has 8 heteroatoms. The summed E-state index contributed by atoms with van der Waals surface area (Å²) >= 11 is 0. The van der Waals surface area contributed by atoms with E-state index in [4.69, 9.17) is 0 Å². The second-order valence-corrected chi connectivity index (χ2v) is 7.49. The Morgan fingerprint density at radius 1 is 1.16 bits per heavy atom. The monoisotopic (exact) mass is 365 g/mol. The molecule has 0 aliphatic heterocycles. The third-order valence-corrected chi connectivity index (χ3v) is 5.00. The lowest BCUT2D eigenvalue weighted by molar-refractivity contribution is -0.123. The second-order valence-electron chi connectivity index (χ2n) is 5.81. The maximum Gasteiger partial charge on any atom is 0.244 e. The van der Waals surface area contributed by atoms with Crippen LogP contribution < -0.4 is 10.0 Å². The Bertz CT molecular complexity index is 826. The first-order chi connectivity index (χ1) is 11.8. The molecule has 2 aromatic rings. The molecule has 1 aromatic heterocycles. The van der Waals surface area contributed by atoms with Crippen molar-refractivity contribution in [1.82, 2.24) is 15.0 Å². The molecular formula is C17H20FN3O3S. The number of carbonyl (C=O) groups is 1. The lowest BCUT2D eigenvalue weighted by Gasteiger charge is -2.21. The first kappa shape index (κ1) is 19.0. The number of carbonyl (C=O) groups excluding carboxylic acids is 1. The van der Waals surface area contributed by atoms with Crippen molar-refractivity contribution in [2.24, 2.45) is 5.92 Å². The third kappa shape index (κ3) is 5.07. The zero-order chi connectivity index (χ0) is 18.4. The van der Waals surface area contributed by atoms with Crippen LogP contribution in [-0.4, -0.2) is 25.4 Å². The molecule has 134 valence electrons. The van der Waals surface area contributed by atoms with Crippen molar-refractivity contribution in [2.75, 3.05) is 0 Å². The summed E-state index contributed by atoms with van der Waals surface area (Å²) in [5, 5.41) is 2.65. The molecule has 0 aliphatic carbocycles. The largest absolute Gasteiger partial charge is 0.349 e. The number of halogens is 1. The van der Waals surface area contributed by atoms with Crippen LogP contribution >= 0.6 is 0 Å². The minimum atomic E-state index is -4.16. The lowest BCUT2D eigenvalue weighted by Crippen LogP contribution is -2.49. The Balaban J connectivity index is 2.12. The Morgan fingerprint density at radius 2 is 1.84 bits per heavy atom. The Hall–Kier alpha value is -2.32. The molecule has 6 nitrogen and oxygen atoms in total.